The Hall–Kier alpha value is -1.02. The van der Waals surface area contributed by atoms with E-state index in [1.807, 2.05) is 0 Å². The van der Waals surface area contributed by atoms with Crippen molar-refractivity contribution in [1.29, 1.82) is 0 Å². The van der Waals surface area contributed by atoms with Crippen LogP contribution in [-0.2, 0) is 6.54 Å². The molecule has 0 aromatic heterocycles. The van der Waals surface area contributed by atoms with Crippen LogP contribution in [0, 0.1) is 0 Å². The number of benzene rings is 1. The van der Waals surface area contributed by atoms with Crippen LogP contribution in [0.4, 0.5) is 5.69 Å². The van der Waals surface area contributed by atoms with Gasteiger partial charge in [-0.1, -0.05) is 18.2 Å². The number of rotatable bonds is 4. The van der Waals surface area contributed by atoms with Gasteiger partial charge in [0.25, 0.3) is 0 Å². The first-order valence-electron chi connectivity index (χ1n) is 4.70. The summed E-state index contributed by atoms with van der Waals surface area (Å²) >= 11 is 0. The molecule has 0 radical (unpaired) electrons. The van der Waals surface area contributed by atoms with E-state index >= 15 is 0 Å². The van der Waals surface area contributed by atoms with Gasteiger partial charge in [0.1, 0.15) is 0 Å². The highest BCUT2D eigenvalue weighted by Crippen LogP contribution is 2.15. The average molecular weight is 178 g/mol. The third-order valence-electron chi connectivity index (χ3n) is 1.87. The van der Waals surface area contributed by atoms with Crippen molar-refractivity contribution < 1.29 is 0 Å². The maximum absolute atomic E-state index is 3.35. The maximum atomic E-state index is 3.35. The molecule has 0 aliphatic heterocycles. The van der Waals surface area contributed by atoms with Crippen LogP contribution >= 0.6 is 0 Å². The quantitative estimate of drug-likeness (QED) is 0.760. The maximum Gasteiger partial charge on any atom is 0.0385 e. The lowest BCUT2D eigenvalue weighted by atomic mass is 10.1. The Morgan fingerprint density at radius 3 is 2.54 bits per heavy atom. The van der Waals surface area contributed by atoms with Crippen LogP contribution in [0.3, 0.4) is 0 Å². The first kappa shape index (κ1) is 10.1. The Morgan fingerprint density at radius 1 is 1.23 bits per heavy atom. The van der Waals surface area contributed by atoms with Gasteiger partial charge in [0.15, 0.2) is 0 Å². The van der Waals surface area contributed by atoms with Crippen molar-refractivity contribution in [2.75, 3.05) is 26.0 Å². The second-order valence-corrected chi connectivity index (χ2v) is 3.43. The second kappa shape index (κ2) is 4.87. The molecule has 0 amide bonds. The van der Waals surface area contributed by atoms with Crippen molar-refractivity contribution in [3.8, 4) is 0 Å². The molecule has 1 aromatic rings. The SMILES string of the molecule is CCNc1ccccc1CN(C)C. The van der Waals surface area contributed by atoms with E-state index in [-0.39, 0.29) is 0 Å². The predicted molar refractivity (Wildman–Crippen MR) is 58.0 cm³/mol. The first-order chi connectivity index (χ1) is 6.24. The molecular formula is C11H18N2. The van der Waals surface area contributed by atoms with E-state index in [0.29, 0.717) is 0 Å². The smallest absolute Gasteiger partial charge is 0.0385 e. The van der Waals surface area contributed by atoms with Crippen LogP contribution in [-0.4, -0.2) is 25.5 Å². The minimum atomic E-state index is 0.977. The van der Waals surface area contributed by atoms with Gasteiger partial charge >= 0.3 is 0 Å². The number of nitrogens with zero attached hydrogens (tertiary/aromatic N) is 1. The van der Waals surface area contributed by atoms with Crippen molar-refractivity contribution in [1.82, 2.24) is 4.90 Å². The van der Waals surface area contributed by atoms with Gasteiger partial charge in [-0.2, -0.15) is 0 Å². The molecule has 0 spiro atoms. The molecule has 2 nitrogen and oxygen atoms in total. The molecule has 1 rings (SSSR count). The lowest BCUT2D eigenvalue weighted by molar-refractivity contribution is 0.403. The van der Waals surface area contributed by atoms with Gasteiger partial charge in [0.05, 0.1) is 0 Å². The Balaban J connectivity index is 2.78. The minimum absolute atomic E-state index is 0.977. The molecule has 72 valence electrons. The lowest BCUT2D eigenvalue weighted by Gasteiger charge is -2.14. The highest BCUT2D eigenvalue weighted by molar-refractivity contribution is 5.50. The number of hydrogen-bond acceptors (Lipinski definition) is 2. The van der Waals surface area contributed by atoms with Gasteiger partial charge < -0.3 is 10.2 Å². The molecule has 2 heteroatoms. The summed E-state index contributed by atoms with van der Waals surface area (Å²) in [6, 6.07) is 8.44. The molecule has 0 unspecified atom stereocenters. The van der Waals surface area contributed by atoms with E-state index in [9.17, 15) is 0 Å². The molecule has 0 atom stereocenters. The van der Waals surface area contributed by atoms with E-state index in [1.165, 1.54) is 11.3 Å². The minimum Gasteiger partial charge on any atom is -0.385 e. The number of para-hydroxylation sites is 1. The third kappa shape index (κ3) is 3.07. The molecule has 0 saturated carbocycles. The summed E-state index contributed by atoms with van der Waals surface area (Å²) in [4.78, 5) is 2.18. The molecule has 0 aliphatic rings. The van der Waals surface area contributed by atoms with Crippen LogP contribution in [0.2, 0.25) is 0 Å². The van der Waals surface area contributed by atoms with Crippen molar-refractivity contribution in [2.45, 2.75) is 13.5 Å². The van der Waals surface area contributed by atoms with Crippen LogP contribution in [0.1, 0.15) is 12.5 Å². The van der Waals surface area contributed by atoms with E-state index < -0.39 is 0 Å². The normalized spacial score (nSPS) is 10.5. The van der Waals surface area contributed by atoms with E-state index in [0.717, 1.165) is 13.1 Å². The van der Waals surface area contributed by atoms with Gasteiger partial charge in [0, 0.05) is 18.8 Å². The molecular weight excluding hydrogens is 160 g/mol. The van der Waals surface area contributed by atoms with Crippen molar-refractivity contribution in [3.63, 3.8) is 0 Å². The van der Waals surface area contributed by atoms with Gasteiger partial charge in [-0.25, -0.2) is 0 Å². The largest absolute Gasteiger partial charge is 0.385 e. The fourth-order valence-corrected chi connectivity index (χ4v) is 1.36. The first-order valence-corrected chi connectivity index (χ1v) is 4.70. The highest BCUT2D eigenvalue weighted by Gasteiger charge is 2.00. The molecule has 0 fully saturated rings. The number of nitrogens with one attached hydrogen (secondary N) is 1. The van der Waals surface area contributed by atoms with E-state index in [4.69, 9.17) is 0 Å². The zero-order valence-corrected chi connectivity index (χ0v) is 8.67. The standard InChI is InChI=1S/C11H18N2/c1-4-12-11-8-6-5-7-10(11)9-13(2)3/h5-8,12H,4,9H2,1-3H3. The zero-order valence-electron chi connectivity index (χ0n) is 8.67. The van der Waals surface area contributed by atoms with Crippen LogP contribution in [0.25, 0.3) is 0 Å². The van der Waals surface area contributed by atoms with E-state index in [1.54, 1.807) is 0 Å². The highest BCUT2D eigenvalue weighted by atomic mass is 15.1. The van der Waals surface area contributed by atoms with Crippen LogP contribution < -0.4 is 5.32 Å². The van der Waals surface area contributed by atoms with Gasteiger partial charge in [-0.15, -0.1) is 0 Å². The lowest BCUT2D eigenvalue weighted by Crippen LogP contribution is -2.12. The van der Waals surface area contributed by atoms with Crippen LogP contribution in [0.15, 0.2) is 24.3 Å². The monoisotopic (exact) mass is 178 g/mol. The Kier molecular flexibility index (Phi) is 3.77. The zero-order chi connectivity index (χ0) is 9.68. The molecule has 0 aliphatic carbocycles. The van der Waals surface area contributed by atoms with Crippen molar-refractivity contribution in [2.24, 2.45) is 0 Å². The van der Waals surface area contributed by atoms with Gasteiger partial charge in [0.2, 0.25) is 0 Å². The van der Waals surface area contributed by atoms with Crippen molar-refractivity contribution >= 4 is 5.69 Å². The fraction of sp³-hybridized carbons (Fsp3) is 0.455. The van der Waals surface area contributed by atoms with E-state index in [2.05, 4.69) is 55.5 Å². The summed E-state index contributed by atoms with van der Waals surface area (Å²) in [6.45, 7) is 4.08. The summed E-state index contributed by atoms with van der Waals surface area (Å²) in [5, 5.41) is 3.35. The molecule has 0 saturated heterocycles. The summed E-state index contributed by atoms with van der Waals surface area (Å²) < 4.78 is 0. The predicted octanol–water partition coefficient (Wildman–Crippen LogP) is 2.18. The summed E-state index contributed by atoms with van der Waals surface area (Å²) in [6.07, 6.45) is 0. The molecule has 0 bridgehead atoms. The van der Waals surface area contributed by atoms with Gasteiger partial charge in [-0.3, -0.25) is 0 Å². The number of anilines is 1. The van der Waals surface area contributed by atoms with Crippen molar-refractivity contribution in [3.05, 3.63) is 29.8 Å². The summed E-state index contributed by atoms with van der Waals surface area (Å²) in [5.41, 5.74) is 2.60. The van der Waals surface area contributed by atoms with Gasteiger partial charge in [-0.05, 0) is 32.6 Å². The Morgan fingerprint density at radius 2 is 1.92 bits per heavy atom. The molecule has 1 aromatic carbocycles. The van der Waals surface area contributed by atoms with Crippen LogP contribution in [0.5, 0.6) is 0 Å². The topological polar surface area (TPSA) is 15.3 Å². The average Bonchev–Trinajstić information content (AvgIpc) is 2.08. The molecule has 13 heavy (non-hydrogen) atoms. The Bertz CT molecular complexity index is 256. The third-order valence-corrected chi connectivity index (χ3v) is 1.87. The molecule has 0 heterocycles. The summed E-state index contributed by atoms with van der Waals surface area (Å²) in [5.74, 6) is 0. The Labute approximate surface area is 80.6 Å². The second-order valence-electron chi connectivity index (χ2n) is 3.43. The fourth-order valence-electron chi connectivity index (χ4n) is 1.36. The molecule has 1 N–H and O–H groups in total. The number of hydrogen-bond donors (Lipinski definition) is 1. The summed E-state index contributed by atoms with van der Waals surface area (Å²) in [7, 11) is 4.17.